The van der Waals surface area contributed by atoms with Crippen LogP contribution < -0.4 is 4.72 Å². The lowest BCUT2D eigenvalue weighted by atomic mass is 10.1. The second kappa shape index (κ2) is 5.96. The molecule has 7 nitrogen and oxygen atoms in total. The Morgan fingerprint density at radius 1 is 1.28 bits per heavy atom. The van der Waals surface area contributed by atoms with E-state index in [9.17, 15) is 18.3 Å². The van der Waals surface area contributed by atoms with Gasteiger partial charge in [-0.25, -0.2) is 4.79 Å². The lowest BCUT2D eigenvalue weighted by molar-refractivity contribution is -0.155. The third-order valence-electron chi connectivity index (χ3n) is 2.96. The lowest BCUT2D eigenvalue weighted by Gasteiger charge is -2.23. The highest BCUT2D eigenvalue weighted by Crippen LogP contribution is 2.13. The average molecular weight is 280 g/mol. The van der Waals surface area contributed by atoms with Crippen molar-refractivity contribution in [1.82, 2.24) is 9.03 Å². The highest BCUT2D eigenvalue weighted by molar-refractivity contribution is 7.87. The first-order chi connectivity index (χ1) is 8.26. The summed E-state index contributed by atoms with van der Waals surface area (Å²) in [6.45, 7) is 1.39. The SMILES string of the molecule is CC(O)(CNS(=O)(=O)N1CCCCCC1)C(=O)O. The van der Waals surface area contributed by atoms with E-state index in [1.165, 1.54) is 4.31 Å². The molecule has 0 spiro atoms. The van der Waals surface area contributed by atoms with Crippen molar-refractivity contribution >= 4 is 16.2 Å². The molecular weight excluding hydrogens is 260 g/mol. The quantitative estimate of drug-likeness (QED) is 0.631. The molecule has 1 heterocycles. The number of carboxylic acids is 1. The summed E-state index contributed by atoms with van der Waals surface area (Å²) in [7, 11) is -3.71. The van der Waals surface area contributed by atoms with Crippen molar-refractivity contribution in [2.75, 3.05) is 19.6 Å². The Hall–Kier alpha value is -0.700. The molecule has 0 amide bonds. The third-order valence-corrected chi connectivity index (χ3v) is 4.52. The van der Waals surface area contributed by atoms with Crippen molar-refractivity contribution in [3.8, 4) is 0 Å². The van der Waals surface area contributed by atoms with Gasteiger partial charge in [0.15, 0.2) is 5.60 Å². The summed E-state index contributed by atoms with van der Waals surface area (Å²) < 4.78 is 27.3. The van der Waals surface area contributed by atoms with E-state index in [-0.39, 0.29) is 0 Å². The van der Waals surface area contributed by atoms with Crippen molar-refractivity contribution in [2.45, 2.75) is 38.2 Å². The van der Waals surface area contributed by atoms with E-state index in [1.54, 1.807) is 0 Å². The van der Waals surface area contributed by atoms with E-state index in [1.807, 2.05) is 0 Å². The Balaban J connectivity index is 2.61. The highest BCUT2D eigenvalue weighted by atomic mass is 32.2. The van der Waals surface area contributed by atoms with Crippen molar-refractivity contribution in [2.24, 2.45) is 0 Å². The van der Waals surface area contributed by atoms with Gasteiger partial charge in [0.25, 0.3) is 10.2 Å². The van der Waals surface area contributed by atoms with Crippen LogP contribution in [0.5, 0.6) is 0 Å². The number of nitrogens with zero attached hydrogens (tertiary/aromatic N) is 1. The van der Waals surface area contributed by atoms with Crippen molar-refractivity contribution in [3.63, 3.8) is 0 Å². The number of aliphatic carboxylic acids is 1. The molecule has 0 aromatic rings. The van der Waals surface area contributed by atoms with Crippen LogP contribution in [0.1, 0.15) is 32.6 Å². The number of nitrogens with one attached hydrogen (secondary N) is 1. The normalized spacial score (nSPS) is 22.1. The summed E-state index contributed by atoms with van der Waals surface area (Å²) >= 11 is 0. The van der Waals surface area contributed by atoms with E-state index in [2.05, 4.69) is 4.72 Å². The fourth-order valence-electron chi connectivity index (χ4n) is 1.68. The molecule has 8 heteroatoms. The summed E-state index contributed by atoms with van der Waals surface area (Å²) in [5, 5.41) is 18.2. The van der Waals surface area contributed by atoms with Gasteiger partial charge in [0.2, 0.25) is 0 Å². The van der Waals surface area contributed by atoms with Crippen LogP contribution in [0.3, 0.4) is 0 Å². The number of hydrogen-bond acceptors (Lipinski definition) is 4. The number of aliphatic hydroxyl groups is 1. The van der Waals surface area contributed by atoms with Crippen LogP contribution in [0, 0.1) is 0 Å². The molecule has 1 fully saturated rings. The summed E-state index contributed by atoms with van der Waals surface area (Å²) in [4.78, 5) is 10.7. The first-order valence-corrected chi connectivity index (χ1v) is 7.40. The largest absolute Gasteiger partial charge is 0.479 e. The Morgan fingerprint density at radius 2 is 1.78 bits per heavy atom. The van der Waals surface area contributed by atoms with E-state index in [0.29, 0.717) is 13.1 Å². The fourth-order valence-corrected chi connectivity index (χ4v) is 3.07. The predicted molar refractivity (Wildman–Crippen MR) is 65.2 cm³/mol. The molecule has 18 heavy (non-hydrogen) atoms. The van der Waals surface area contributed by atoms with Crippen LogP contribution in [-0.2, 0) is 15.0 Å². The third kappa shape index (κ3) is 4.20. The van der Waals surface area contributed by atoms with Crippen molar-refractivity contribution < 1.29 is 23.4 Å². The summed E-state index contributed by atoms with van der Waals surface area (Å²) in [6.07, 6.45) is 3.60. The first kappa shape index (κ1) is 15.4. The van der Waals surface area contributed by atoms with Gasteiger partial charge in [-0.05, 0) is 19.8 Å². The summed E-state index contributed by atoms with van der Waals surface area (Å²) in [5.74, 6) is -1.46. The van der Waals surface area contributed by atoms with Crippen molar-refractivity contribution in [1.29, 1.82) is 0 Å². The topological polar surface area (TPSA) is 107 Å². The Bertz CT molecular complexity index is 385. The van der Waals surface area contributed by atoms with Gasteiger partial charge in [-0.1, -0.05) is 12.8 Å². The average Bonchev–Trinajstić information content (AvgIpc) is 2.55. The van der Waals surface area contributed by atoms with Gasteiger partial charge in [0.1, 0.15) is 0 Å². The lowest BCUT2D eigenvalue weighted by Crippen LogP contribution is -2.50. The molecule has 0 aromatic carbocycles. The highest BCUT2D eigenvalue weighted by Gasteiger charge is 2.33. The monoisotopic (exact) mass is 280 g/mol. The van der Waals surface area contributed by atoms with Crippen LogP contribution in [0.15, 0.2) is 0 Å². The molecule has 1 saturated heterocycles. The zero-order valence-electron chi connectivity index (χ0n) is 10.4. The molecular formula is C10H20N2O5S. The van der Waals surface area contributed by atoms with E-state index < -0.39 is 28.3 Å². The zero-order valence-corrected chi connectivity index (χ0v) is 11.2. The minimum absolute atomic E-state index is 0.435. The Kier molecular flexibility index (Phi) is 5.09. The minimum Gasteiger partial charge on any atom is -0.479 e. The molecule has 0 radical (unpaired) electrons. The number of carbonyl (C=O) groups is 1. The standard InChI is InChI=1S/C10H20N2O5S/c1-10(15,9(13)14)8-11-18(16,17)12-6-4-2-3-5-7-12/h11,15H,2-8H2,1H3,(H,13,14). The van der Waals surface area contributed by atoms with E-state index in [4.69, 9.17) is 5.11 Å². The van der Waals surface area contributed by atoms with Crippen LogP contribution in [0.2, 0.25) is 0 Å². The molecule has 1 atom stereocenters. The van der Waals surface area contributed by atoms with Gasteiger partial charge < -0.3 is 10.2 Å². The molecule has 1 aliphatic rings. The van der Waals surface area contributed by atoms with Crippen LogP contribution >= 0.6 is 0 Å². The fraction of sp³-hybridized carbons (Fsp3) is 0.900. The van der Waals surface area contributed by atoms with Gasteiger partial charge in [0.05, 0.1) is 6.54 Å². The Morgan fingerprint density at radius 3 is 2.22 bits per heavy atom. The number of carboxylic acid groups (broad SMARTS) is 1. The molecule has 3 N–H and O–H groups in total. The molecule has 0 bridgehead atoms. The Labute approximate surface area is 107 Å². The maximum absolute atomic E-state index is 11.9. The molecule has 1 aliphatic heterocycles. The molecule has 0 saturated carbocycles. The summed E-state index contributed by atoms with van der Waals surface area (Å²) in [6, 6.07) is 0. The molecule has 1 rings (SSSR count). The van der Waals surface area contributed by atoms with Gasteiger partial charge >= 0.3 is 5.97 Å². The van der Waals surface area contributed by atoms with E-state index >= 15 is 0 Å². The molecule has 1 unspecified atom stereocenters. The van der Waals surface area contributed by atoms with Crippen LogP contribution in [-0.4, -0.2) is 54.1 Å². The van der Waals surface area contributed by atoms with Crippen LogP contribution in [0.4, 0.5) is 0 Å². The van der Waals surface area contributed by atoms with Crippen molar-refractivity contribution in [3.05, 3.63) is 0 Å². The zero-order chi connectivity index (χ0) is 13.8. The van der Waals surface area contributed by atoms with Gasteiger partial charge in [-0.15, -0.1) is 0 Å². The minimum atomic E-state index is -3.71. The first-order valence-electron chi connectivity index (χ1n) is 5.96. The molecule has 0 aromatic heterocycles. The van der Waals surface area contributed by atoms with Gasteiger partial charge in [-0.3, -0.25) is 0 Å². The molecule has 0 aliphatic carbocycles. The smallest absolute Gasteiger partial charge is 0.336 e. The number of hydrogen-bond donors (Lipinski definition) is 3. The summed E-state index contributed by atoms with van der Waals surface area (Å²) in [5.41, 5.74) is -2.10. The maximum Gasteiger partial charge on any atom is 0.336 e. The van der Waals surface area contributed by atoms with E-state index in [0.717, 1.165) is 32.6 Å². The number of rotatable bonds is 5. The predicted octanol–water partition coefficient (Wildman–Crippen LogP) is -0.468. The second-order valence-electron chi connectivity index (χ2n) is 4.72. The van der Waals surface area contributed by atoms with Crippen LogP contribution in [0.25, 0.3) is 0 Å². The second-order valence-corrected chi connectivity index (χ2v) is 6.47. The molecule has 106 valence electrons. The van der Waals surface area contributed by atoms with Gasteiger partial charge in [-0.2, -0.15) is 17.4 Å². The van der Waals surface area contributed by atoms with Gasteiger partial charge in [0, 0.05) is 13.1 Å². The maximum atomic E-state index is 11.9.